The Morgan fingerprint density at radius 3 is 2.15 bits per heavy atom. The second kappa shape index (κ2) is 7.77. The summed E-state index contributed by atoms with van der Waals surface area (Å²) in [6.45, 7) is 0. The molecule has 1 aromatic carbocycles. The number of hydrogen-bond donors (Lipinski definition) is 0. The minimum atomic E-state index is -0.327. The van der Waals surface area contributed by atoms with Crippen molar-refractivity contribution in [1.82, 2.24) is 4.98 Å². The molecule has 0 N–H and O–H groups in total. The number of fused-ring (bicyclic) bond motifs is 1. The molecule has 0 aliphatic heterocycles. The monoisotopic (exact) mass is 351 g/mol. The zero-order valence-corrected chi connectivity index (χ0v) is 15.8. The fourth-order valence-electron chi connectivity index (χ4n) is 5.05. The third-order valence-corrected chi connectivity index (χ3v) is 6.38. The Bertz CT molecular complexity index is 786. The average molecular weight is 351 g/mol. The second-order valence-electron chi connectivity index (χ2n) is 8.00. The Morgan fingerprint density at radius 1 is 0.923 bits per heavy atom. The van der Waals surface area contributed by atoms with Crippen LogP contribution in [-0.2, 0) is 4.74 Å². The van der Waals surface area contributed by atoms with Crippen molar-refractivity contribution in [2.24, 2.45) is 0 Å². The number of benzene rings is 1. The van der Waals surface area contributed by atoms with E-state index in [9.17, 15) is 4.79 Å². The molecule has 2 aliphatic carbocycles. The molecular formula is C23H29NO2. The summed E-state index contributed by atoms with van der Waals surface area (Å²) in [5.74, 6) is 0.856. The first kappa shape index (κ1) is 17.5. The molecule has 1 heterocycles. The molecule has 2 saturated carbocycles. The van der Waals surface area contributed by atoms with Gasteiger partial charge in [-0.1, -0.05) is 50.7 Å². The van der Waals surface area contributed by atoms with Gasteiger partial charge in [-0.05, 0) is 60.8 Å². The molecule has 1 aromatic heterocycles. The van der Waals surface area contributed by atoms with Gasteiger partial charge in [0.05, 0.1) is 12.6 Å². The third kappa shape index (κ3) is 3.36. The van der Waals surface area contributed by atoms with E-state index in [4.69, 9.17) is 4.74 Å². The summed E-state index contributed by atoms with van der Waals surface area (Å²) < 4.78 is 4.97. The molecule has 0 radical (unpaired) electrons. The SMILES string of the molecule is COC(=O)c1cc(C2CCCCC2)c2c(C3CCCCC3)cccc2n1. The number of hydrogen-bond acceptors (Lipinski definition) is 3. The van der Waals surface area contributed by atoms with Crippen molar-refractivity contribution in [3.8, 4) is 0 Å². The number of methoxy groups -OCH3 is 1. The summed E-state index contributed by atoms with van der Waals surface area (Å²) in [5, 5.41) is 1.33. The number of rotatable bonds is 3. The highest BCUT2D eigenvalue weighted by molar-refractivity contribution is 5.94. The number of nitrogens with zero attached hydrogens (tertiary/aromatic N) is 1. The highest BCUT2D eigenvalue weighted by Gasteiger charge is 2.25. The number of carbonyl (C=O) groups excluding carboxylic acids is 1. The van der Waals surface area contributed by atoms with E-state index in [0.717, 1.165) is 5.52 Å². The number of aromatic nitrogens is 1. The number of pyridine rings is 1. The van der Waals surface area contributed by atoms with Gasteiger partial charge in [-0.25, -0.2) is 9.78 Å². The van der Waals surface area contributed by atoms with Crippen molar-refractivity contribution < 1.29 is 9.53 Å². The summed E-state index contributed by atoms with van der Waals surface area (Å²) >= 11 is 0. The van der Waals surface area contributed by atoms with E-state index in [-0.39, 0.29) is 5.97 Å². The first-order valence-electron chi connectivity index (χ1n) is 10.3. The van der Waals surface area contributed by atoms with Crippen LogP contribution < -0.4 is 0 Å². The van der Waals surface area contributed by atoms with Crippen molar-refractivity contribution in [2.45, 2.75) is 76.0 Å². The molecule has 4 rings (SSSR count). The van der Waals surface area contributed by atoms with Crippen LogP contribution in [0.4, 0.5) is 0 Å². The Morgan fingerprint density at radius 2 is 1.54 bits per heavy atom. The van der Waals surface area contributed by atoms with Crippen LogP contribution >= 0.6 is 0 Å². The third-order valence-electron chi connectivity index (χ3n) is 6.38. The van der Waals surface area contributed by atoms with Gasteiger partial charge in [0.1, 0.15) is 5.69 Å². The molecule has 0 unspecified atom stereocenters. The number of ether oxygens (including phenoxy) is 1. The van der Waals surface area contributed by atoms with Gasteiger partial charge in [0.15, 0.2) is 0 Å². The van der Waals surface area contributed by atoms with Gasteiger partial charge in [-0.3, -0.25) is 0 Å². The van der Waals surface area contributed by atoms with Crippen molar-refractivity contribution in [3.63, 3.8) is 0 Å². The quantitative estimate of drug-likeness (QED) is 0.626. The van der Waals surface area contributed by atoms with Crippen LogP contribution in [0.25, 0.3) is 10.9 Å². The first-order chi connectivity index (χ1) is 12.8. The Balaban J connectivity index is 1.88. The van der Waals surface area contributed by atoms with E-state index < -0.39 is 0 Å². The van der Waals surface area contributed by atoms with Gasteiger partial charge in [0.25, 0.3) is 0 Å². The summed E-state index contributed by atoms with van der Waals surface area (Å²) in [4.78, 5) is 16.9. The molecule has 0 saturated heterocycles. The van der Waals surface area contributed by atoms with E-state index in [1.165, 1.54) is 87.8 Å². The predicted molar refractivity (Wildman–Crippen MR) is 105 cm³/mol. The number of carbonyl (C=O) groups is 1. The lowest BCUT2D eigenvalue weighted by Crippen LogP contribution is -2.12. The molecule has 0 bridgehead atoms. The highest BCUT2D eigenvalue weighted by atomic mass is 16.5. The molecule has 0 atom stereocenters. The zero-order valence-electron chi connectivity index (χ0n) is 15.8. The van der Waals surface area contributed by atoms with Crippen LogP contribution in [0.1, 0.15) is 97.7 Å². The first-order valence-corrected chi connectivity index (χ1v) is 10.3. The molecule has 26 heavy (non-hydrogen) atoms. The molecule has 0 spiro atoms. The number of esters is 1. The molecule has 2 aromatic rings. The van der Waals surface area contributed by atoms with Gasteiger partial charge < -0.3 is 4.74 Å². The minimum absolute atomic E-state index is 0.327. The van der Waals surface area contributed by atoms with Crippen molar-refractivity contribution >= 4 is 16.9 Å². The zero-order chi connectivity index (χ0) is 17.9. The minimum Gasteiger partial charge on any atom is -0.464 e. The maximum atomic E-state index is 12.2. The molecule has 2 aliphatic rings. The van der Waals surface area contributed by atoms with E-state index in [2.05, 4.69) is 23.2 Å². The fourth-order valence-corrected chi connectivity index (χ4v) is 5.05. The van der Waals surface area contributed by atoms with E-state index in [0.29, 0.717) is 17.5 Å². The standard InChI is InChI=1S/C23H29NO2/c1-26-23(25)21-15-19(17-11-6-3-7-12-17)22-18(13-8-14-20(22)24-21)16-9-4-2-5-10-16/h8,13-17H,2-7,9-12H2,1H3. The maximum Gasteiger partial charge on any atom is 0.356 e. The van der Waals surface area contributed by atoms with Crippen LogP contribution in [0.2, 0.25) is 0 Å². The molecule has 2 fully saturated rings. The van der Waals surface area contributed by atoms with Crippen LogP contribution in [-0.4, -0.2) is 18.1 Å². The lowest BCUT2D eigenvalue weighted by molar-refractivity contribution is 0.0594. The van der Waals surface area contributed by atoms with Gasteiger partial charge in [-0.15, -0.1) is 0 Å². The van der Waals surface area contributed by atoms with Gasteiger partial charge in [-0.2, -0.15) is 0 Å². The molecule has 0 amide bonds. The van der Waals surface area contributed by atoms with Crippen LogP contribution in [0.5, 0.6) is 0 Å². The summed E-state index contributed by atoms with van der Waals surface area (Å²) in [7, 11) is 1.44. The van der Waals surface area contributed by atoms with E-state index in [1.54, 1.807) is 0 Å². The highest BCUT2D eigenvalue weighted by Crippen LogP contribution is 2.42. The fraction of sp³-hybridized carbons (Fsp3) is 0.565. The van der Waals surface area contributed by atoms with Crippen LogP contribution in [0.3, 0.4) is 0 Å². The topological polar surface area (TPSA) is 39.2 Å². The summed E-state index contributed by atoms with van der Waals surface area (Å²) in [6, 6.07) is 8.53. The van der Waals surface area contributed by atoms with E-state index >= 15 is 0 Å². The Hall–Kier alpha value is -1.90. The molecule has 138 valence electrons. The van der Waals surface area contributed by atoms with Gasteiger partial charge >= 0.3 is 5.97 Å². The van der Waals surface area contributed by atoms with Crippen molar-refractivity contribution in [1.29, 1.82) is 0 Å². The second-order valence-corrected chi connectivity index (χ2v) is 8.00. The van der Waals surface area contributed by atoms with Crippen molar-refractivity contribution in [3.05, 3.63) is 41.1 Å². The smallest absolute Gasteiger partial charge is 0.356 e. The lowest BCUT2D eigenvalue weighted by Gasteiger charge is -2.28. The normalized spacial score (nSPS) is 19.6. The van der Waals surface area contributed by atoms with Gasteiger partial charge in [0.2, 0.25) is 0 Å². The molecule has 3 heteroatoms. The Kier molecular flexibility index (Phi) is 5.23. The van der Waals surface area contributed by atoms with Crippen LogP contribution in [0, 0.1) is 0 Å². The lowest BCUT2D eigenvalue weighted by atomic mass is 9.78. The molecular weight excluding hydrogens is 322 g/mol. The maximum absolute atomic E-state index is 12.2. The summed E-state index contributed by atoms with van der Waals surface area (Å²) in [6.07, 6.45) is 12.9. The largest absolute Gasteiger partial charge is 0.464 e. The average Bonchev–Trinajstić information content (AvgIpc) is 2.73. The predicted octanol–water partition coefficient (Wildman–Crippen LogP) is 6.12. The summed E-state index contributed by atoms with van der Waals surface area (Å²) in [5.41, 5.74) is 4.24. The molecule has 3 nitrogen and oxygen atoms in total. The van der Waals surface area contributed by atoms with E-state index in [1.807, 2.05) is 6.07 Å². The Labute approximate surface area is 156 Å². The van der Waals surface area contributed by atoms with Crippen LogP contribution in [0.15, 0.2) is 24.3 Å². The van der Waals surface area contributed by atoms with Crippen molar-refractivity contribution in [2.75, 3.05) is 7.11 Å². The van der Waals surface area contributed by atoms with Gasteiger partial charge in [0, 0.05) is 5.39 Å².